The van der Waals surface area contributed by atoms with Gasteiger partial charge in [-0.25, -0.2) is 0 Å². The molecule has 0 radical (unpaired) electrons. The number of benzene rings is 4. The molecule has 6 rings (SSSR count). The molecule has 0 amide bonds. The van der Waals surface area contributed by atoms with Gasteiger partial charge in [-0.2, -0.15) is 38.5 Å². The maximum atomic E-state index is 9.96. The topological polar surface area (TPSA) is 99.6 Å². The molecule has 0 aliphatic carbocycles. The SMILES string of the molecule is CC(C)n1cccc1C=[N+](c1ccc(Cc2ccc(N=Cc3ccc[n-]3)cc2)cc1)C(C)C.CN=Cc1cccc(C(C)(C)C)c1O.CN=Cc1cccc(C(C)(C)C)c1O.C[CH-]C.C[CH-]C.[Cl][Ti][Cl].[Cl][Ti][Cl]. The van der Waals surface area contributed by atoms with Crippen LogP contribution in [-0.2, 0) is 51.3 Å². The summed E-state index contributed by atoms with van der Waals surface area (Å²) < 4.78 is 4.64. The van der Waals surface area contributed by atoms with E-state index < -0.39 is 34.1 Å². The summed E-state index contributed by atoms with van der Waals surface area (Å²) in [5.74, 6) is 0.677. The summed E-state index contributed by atoms with van der Waals surface area (Å²) in [5.41, 5.74) is 10.2. The molecule has 2 N–H and O–H groups in total. The van der Waals surface area contributed by atoms with Crippen LogP contribution < -0.4 is 4.98 Å². The third kappa shape index (κ3) is 27.6. The van der Waals surface area contributed by atoms with Gasteiger partial charge in [0.15, 0.2) is 12.3 Å². The number of rotatable bonds is 10. The molecule has 0 bridgehead atoms. The minimum atomic E-state index is -0.556. The number of halogens is 4. The van der Waals surface area contributed by atoms with Crippen molar-refractivity contribution in [3.05, 3.63) is 179 Å². The molecule has 0 spiro atoms. The van der Waals surface area contributed by atoms with Crippen molar-refractivity contribution in [3.8, 4) is 11.5 Å². The van der Waals surface area contributed by atoms with E-state index in [9.17, 15) is 10.2 Å². The predicted octanol–water partition coefficient (Wildman–Crippen LogP) is 17.2. The van der Waals surface area contributed by atoms with Gasteiger partial charge in [0.2, 0.25) is 5.69 Å². The first-order valence-corrected chi connectivity index (χ1v) is 32.7. The molecule has 4 aromatic carbocycles. The van der Waals surface area contributed by atoms with Crippen molar-refractivity contribution in [2.45, 2.75) is 126 Å². The van der Waals surface area contributed by atoms with E-state index in [1.165, 1.54) is 22.5 Å². The van der Waals surface area contributed by atoms with Crippen molar-refractivity contribution in [3.63, 3.8) is 0 Å². The van der Waals surface area contributed by atoms with Gasteiger partial charge in [0.25, 0.3) is 0 Å². The number of phenols is 2. The molecule has 0 saturated heterocycles. The maximum absolute atomic E-state index is 9.96. The van der Waals surface area contributed by atoms with Gasteiger partial charge in [-0.15, -0.1) is 5.69 Å². The van der Waals surface area contributed by atoms with Crippen LogP contribution in [0.5, 0.6) is 11.5 Å². The van der Waals surface area contributed by atoms with E-state index in [0.29, 0.717) is 23.6 Å². The Hall–Kier alpha value is -3.69. The monoisotopic (exact) mass is 1140 g/mol. The van der Waals surface area contributed by atoms with Crippen LogP contribution in [0.3, 0.4) is 0 Å². The average Bonchev–Trinajstić information content (AvgIpc) is 4.04. The van der Waals surface area contributed by atoms with E-state index in [2.05, 4.69) is 171 Å². The molecular weight excluding hydrogens is 1060 g/mol. The molecule has 396 valence electrons. The summed E-state index contributed by atoms with van der Waals surface area (Å²) >= 11 is -1.11. The van der Waals surface area contributed by atoms with Crippen molar-refractivity contribution in [1.82, 2.24) is 9.55 Å². The Morgan fingerprint density at radius 3 is 1.44 bits per heavy atom. The number of nitrogens with zero attached hydrogens (tertiary/aromatic N) is 6. The molecule has 0 aliphatic heterocycles. The van der Waals surface area contributed by atoms with Crippen LogP contribution >= 0.6 is 37.2 Å². The molecule has 0 saturated carbocycles. The van der Waals surface area contributed by atoms with E-state index in [1.807, 2.05) is 89.1 Å². The van der Waals surface area contributed by atoms with Crippen molar-refractivity contribution < 1.29 is 48.9 Å². The first-order chi connectivity index (χ1) is 34.6. The molecule has 0 atom stereocenters. The summed E-state index contributed by atoms with van der Waals surface area (Å²) in [5, 5.41) is 19.9. The number of hydrogen-bond donors (Lipinski definition) is 2. The number of aromatic nitrogens is 2. The molecule has 6 aromatic rings. The van der Waals surface area contributed by atoms with Gasteiger partial charge >= 0.3 is 71.3 Å². The zero-order valence-corrected chi connectivity index (χ0v) is 52.1. The Morgan fingerprint density at radius 1 is 0.630 bits per heavy atom. The van der Waals surface area contributed by atoms with E-state index in [0.717, 1.165) is 40.1 Å². The van der Waals surface area contributed by atoms with E-state index >= 15 is 0 Å². The summed E-state index contributed by atoms with van der Waals surface area (Å²) in [6.45, 7) is 29.4. The third-order valence-corrected chi connectivity index (χ3v) is 9.98. The quantitative estimate of drug-likeness (QED) is 0.0619. The molecule has 2 heterocycles. The fourth-order valence-electron chi connectivity index (χ4n) is 6.72. The van der Waals surface area contributed by atoms with Crippen LogP contribution in [0.1, 0.15) is 148 Å². The Labute approximate surface area is 473 Å². The van der Waals surface area contributed by atoms with Crippen LogP contribution in [0, 0.1) is 12.8 Å². The Morgan fingerprint density at radius 2 is 1.07 bits per heavy atom. The molecule has 73 heavy (non-hydrogen) atoms. The summed E-state index contributed by atoms with van der Waals surface area (Å²) in [6.07, 6.45) is 16.2. The molecule has 0 aliphatic rings. The predicted molar refractivity (Wildman–Crippen MR) is 313 cm³/mol. The third-order valence-electron chi connectivity index (χ3n) is 9.98. The van der Waals surface area contributed by atoms with E-state index in [1.54, 1.807) is 38.9 Å². The second kappa shape index (κ2) is 38.8. The Balaban J connectivity index is 0.00000107. The molecule has 8 nitrogen and oxygen atoms in total. The molecule has 0 fully saturated rings. The van der Waals surface area contributed by atoms with Crippen molar-refractivity contribution in [2.24, 2.45) is 15.0 Å². The molecular formula is C59H80Cl4N6O2Ti2-2. The standard InChI is InChI=1S/C29H32N4.2C12H17NO.2C3H7.4ClH.2Ti/c1-22(2)32-18-6-8-29(32)21-33(23(3)4)28-15-11-25(12-16-28)19-24-9-13-26(14-10-24)31-20-27-7-5-17-30-27;2*1-12(2,3)10-7-5-6-9(8-13-4)11(10)14;2*1-3-2;;;;;;/h5-18,20-23H,19H2,1-4H3;2*5-8,14H,1-4H3;2*3H,1-2H3;4*1H;;/q;;;2*-1;;;;;2*+2/p-4. The molecule has 2 aromatic heterocycles. The normalized spacial score (nSPS) is 11.2. The molecule has 0 unspecified atom stereocenters. The van der Waals surface area contributed by atoms with Gasteiger partial charge in [-0.05, 0) is 104 Å². The van der Waals surface area contributed by atoms with Crippen LogP contribution in [0.2, 0.25) is 0 Å². The van der Waals surface area contributed by atoms with Gasteiger partial charge in [-0.3, -0.25) is 15.0 Å². The van der Waals surface area contributed by atoms with Gasteiger partial charge in [-0.1, -0.05) is 102 Å². The fraction of sp³-hybridized carbons (Fsp3) is 0.356. The zero-order valence-electron chi connectivity index (χ0n) is 46.0. The van der Waals surface area contributed by atoms with Crippen LogP contribution in [0.15, 0.2) is 137 Å². The van der Waals surface area contributed by atoms with Crippen LogP contribution in [0.4, 0.5) is 11.4 Å². The minimum absolute atomic E-state index is 0.0400. The average molecular weight is 1140 g/mol. The van der Waals surface area contributed by atoms with Crippen molar-refractivity contribution in [1.29, 1.82) is 0 Å². The second-order valence-corrected chi connectivity index (χ2v) is 24.1. The van der Waals surface area contributed by atoms with Gasteiger partial charge in [0, 0.05) is 68.2 Å². The van der Waals surface area contributed by atoms with Gasteiger partial charge < -0.3 is 32.6 Å². The number of phenolic OH excluding ortho intramolecular Hbond substituents is 2. The van der Waals surface area contributed by atoms with E-state index in [-0.39, 0.29) is 10.8 Å². The van der Waals surface area contributed by atoms with Gasteiger partial charge in [0.1, 0.15) is 17.2 Å². The van der Waals surface area contributed by atoms with E-state index in [4.69, 9.17) is 37.2 Å². The van der Waals surface area contributed by atoms with Crippen molar-refractivity contribution >= 4 is 73.5 Å². The van der Waals surface area contributed by atoms with Crippen molar-refractivity contribution in [2.75, 3.05) is 14.1 Å². The first-order valence-electron chi connectivity index (χ1n) is 24.1. The summed E-state index contributed by atoms with van der Waals surface area (Å²) in [6, 6.07) is 37.8. The number of hydrogen-bond acceptors (Lipinski definition) is 5. The summed E-state index contributed by atoms with van der Waals surface area (Å²) in [7, 11) is 23.0. The Bertz CT molecular complexity index is 2410. The van der Waals surface area contributed by atoms with Gasteiger partial charge in [0.05, 0.1) is 5.69 Å². The summed E-state index contributed by atoms with van der Waals surface area (Å²) in [4.78, 5) is 16.5. The van der Waals surface area contributed by atoms with Crippen LogP contribution in [-0.4, -0.2) is 64.4 Å². The number of aliphatic imine (C=N–C) groups is 3. The Kier molecular flexibility index (Phi) is 36.8. The fourth-order valence-corrected chi connectivity index (χ4v) is 6.72. The molecule has 14 heteroatoms. The zero-order chi connectivity index (χ0) is 55.6. The number of aromatic hydroxyl groups is 2. The number of para-hydroxylation sites is 2. The second-order valence-electron chi connectivity index (χ2n) is 19.0. The van der Waals surface area contributed by atoms with Crippen LogP contribution in [0.25, 0.3) is 0 Å². The first kappa shape index (κ1) is 69.3.